The monoisotopic (exact) mass is 205 g/mol. The molecular weight excluding hydrogens is 182 g/mol. The topological polar surface area (TPSA) is 29.1 Å². The van der Waals surface area contributed by atoms with Crippen molar-refractivity contribution in [2.24, 2.45) is 5.92 Å². The molecular formula is C10H23NOS. The van der Waals surface area contributed by atoms with Crippen molar-refractivity contribution in [2.75, 3.05) is 18.6 Å². The minimum atomic E-state index is -0.633. The van der Waals surface area contributed by atoms with Crippen LogP contribution in [0.1, 0.15) is 33.6 Å². The number of hydrogen-bond donors (Lipinski definition) is 1. The van der Waals surface area contributed by atoms with Crippen molar-refractivity contribution >= 4 is 10.8 Å². The highest BCUT2D eigenvalue weighted by Crippen LogP contribution is 2.02. The van der Waals surface area contributed by atoms with Crippen molar-refractivity contribution in [1.29, 1.82) is 0 Å². The first-order valence-electron chi connectivity index (χ1n) is 5.12. The lowest BCUT2D eigenvalue weighted by Crippen LogP contribution is -2.31. The Labute approximate surface area is 84.9 Å². The summed E-state index contributed by atoms with van der Waals surface area (Å²) in [6, 6.07) is 0.424. The molecule has 0 aliphatic heterocycles. The third-order valence-corrected chi connectivity index (χ3v) is 3.68. The van der Waals surface area contributed by atoms with Crippen LogP contribution in [0.15, 0.2) is 0 Å². The molecule has 13 heavy (non-hydrogen) atoms. The molecule has 0 bridgehead atoms. The van der Waals surface area contributed by atoms with Gasteiger partial charge < -0.3 is 5.32 Å². The van der Waals surface area contributed by atoms with Crippen LogP contribution in [0.5, 0.6) is 0 Å². The molecule has 0 heterocycles. The third kappa shape index (κ3) is 7.20. The van der Waals surface area contributed by atoms with Crippen molar-refractivity contribution in [3.8, 4) is 0 Å². The van der Waals surface area contributed by atoms with Gasteiger partial charge in [0.25, 0.3) is 0 Å². The molecule has 1 N–H and O–H groups in total. The fraction of sp³-hybridized carbons (Fsp3) is 1.00. The van der Waals surface area contributed by atoms with Gasteiger partial charge in [0.1, 0.15) is 0 Å². The minimum absolute atomic E-state index is 0.424. The van der Waals surface area contributed by atoms with Crippen LogP contribution < -0.4 is 5.32 Å². The van der Waals surface area contributed by atoms with Crippen LogP contribution in [0.4, 0.5) is 0 Å². The predicted molar refractivity (Wildman–Crippen MR) is 60.5 cm³/mol. The van der Waals surface area contributed by atoms with E-state index < -0.39 is 10.8 Å². The molecule has 0 fully saturated rings. The summed E-state index contributed by atoms with van der Waals surface area (Å²) in [5, 5.41) is 3.18. The molecule has 0 saturated carbocycles. The molecule has 0 amide bonds. The summed E-state index contributed by atoms with van der Waals surface area (Å²) >= 11 is 0. The van der Waals surface area contributed by atoms with Crippen LogP contribution in [0.25, 0.3) is 0 Å². The Morgan fingerprint density at radius 1 is 1.38 bits per heavy atom. The molecule has 0 aromatic carbocycles. The molecule has 0 saturated heterocycles. The van der Waals surface area contributed by atoms with Crippen molar-refractivity contribution in [1.82, 2.24) is 5.32 Å². The van der Waals surface area contributed by atoms with Crippen LogP contribution in [0, 0.1) is 5.92 Å². The van der Waals surface area contributed by atoms with E-state index in [9.17, 15) is 4.21 Å². The second-order valence-electron chi connectivity index (χ2n) is 3.89. The van der Waals surface area contributed by atoms with Gasteiger partial charge in [-0.1, -0.05) is 20.8 Å². The molecule has 0 aliphatic carbocycles. The zero-order valence-corrected chi connectivity index (χ0v) is 10.1. The molecule has 2 nitrogen and oxygen atoms in total. The fourth-order valence-electron chi connectivity index (χ4n) is 1.08. The van der Waals surface area contributed by atoms with Gasteiger partial charge in [0, 0.05) is 28.3 Å². The van der Waals surface area contributed by atoms with Gasteiger partial charge in [-0.15, -0.1) is 0 Å². The van der Waals surface area contributed by atoms with Crippen molar-refractivity contribution in [3.05, 3.63) is 0 Å². The first-order chi connectivity index (χ1) is 6.10. The quantitative estimate of drug-likeness (QED) is 0.686. The van der Waals surface area contributed by atoms with Gasteiger partial charge in [-0.05, 0) is 25.8 Å². The lowest BCUT2D eigenvalue weighted by atomic mass is 10.2. The maximum atomic E-state index is 11.5. The van der Waals surface area contributed by atoms with E-state index in [1.54, 1.807) is 0 Å². The Balaban J connectivity index is 3.60. The van der Waals surface area contributed by atoms with Gasteiger partial charge in [-0.2, -0.15) is 0 Å². The molecule has 2 atom stereocenters. The van der Waals surface area contributed by atoms with E-state index in [-0.39, 0.29) is 0 Å². The zero-order chi connectivity index (χ0) is 10.3. The van der Waals surface area contributed by atoms with Crippen molar-refractivity contribution < 1.29 is 4.21 Å². The zero-order valence-electron chi connectivity index (χ0n) is 9.30. The van der Waals surface area contributed by atoms with Gasteiger partial charge in [0.15, 0.2) is 0 Å². The van der Waals surface area contributed by atoms with E-state index in [2.05, 4.69) is 26.1 Å². The summed E-state index contributed by atoms with van der Waals surface area (Å²) in [6.45, 7) is 6.47. The average molecular weight is 205 g/mol. The Bertz CT molecular complexity index is 144. The standard InChI is InChI=1S/C10H23NOS/c1-5-10(11-4)8-13(12)7-6-9(2)3/h9-11H,5-8H2,1-4H3. The van der Waals surface area contributed by atoms with Gasteiger partial charge >= 0.3 is 0 Å². The Kier molecular flexibility index (Phi) is 7.57. The first-order valence-corrected chi connectivity index (χ1v) is 6.61. The summed E-state index contributed by atoms with van der Waals surface area (Å²) in [7, 11) is 1.31. The summed E-state index contributed by atoms with van der Waals surface area (Å²) in [5.74, 6) is 2.33. The Morgan fingerprint density at radius 3 is 2.38 bits per heavy atom. The third-order valence-electron chi connectivity index (χ3n) is 2.21. The maximum Gasteiger partial charge on any atom is 0.0388 e. The Hall–Kier alpha value is 0.110. The lowest BCUT2D eigenvalue weighted by molar-refractivity contribution is 0.583. The highest BCUT2D eigenvalue weighted by atomic mass is 32.2. The highest BCUT2D eigenvalue weighted by molar-refractivity contribution is 7.85. The van der Waals surface area contributed by atoms with Crippen molar-refractivity contribution in [3.63, 3.8) is 0 Å². The van der Waals surface area contributed by atoms with Crippen LogP contribution in [0.2, 0.25) is 0 Å². The molecule has 0 rings (SSSR count). The largest absolute Gasteiger partial charge is 0.316 e. The van der Waals surface area contributed by atoms with E-state index in [0.717, 1.165) is 24.3 Å². The van der Waals surface area contributed by atoms with E-state index in [1.165, 1.54) is 0 Å². The first kappa shape index (κ1) is 13.1. The maximum absolute atomic E-state index is 11.5. The molecule has 0 aliphatic rings. The van der Waals surface area contributed by atoms with Crippen molar-refractivity contribution in [2.45, 2.75) is 39.7 Å². The molecule has 0 aromatic rings. The number of rotatable bonds is 7. The van der Waals surface area contributed by atoms with Gasteiger partial charge in [0.05, 0.1) is 0 Å². The van der Waals surface area contributed by atoms with Crippen LogP contribution >= 0.6 is 0 Å². The van der Waals surface area contributed by atoms with E-state index in [1.807, 2.05) is 7.05 Å². The molecule has 0 spiro atoms. The summed E-state index contributed by atoms with van der Waals surface area (Å²) < 4.78 is 11.5. The molecule has 80 valence electrons. The predicted octanol–water partition coefficient (Wildman–Crippen LogP) is 1.78. The van der Waals surface area contributed by atoms with E-state index in [0.29, 0.717) is 12.0 Å². The normalized spacial score (nSPS) is 16.1. The second-order valence-corrected chi connectivity index (χ2v) is 5.51. The van der Waals surface area contributed by atoms with Crippen LogP contribution in [-0.2, 0) is 10.8 Å². The number of nitrogens with one attached hydrogen (secondary N) is 1. The Morgan fingerprint density at radius 2 is 2.00 bits per heavy atom. The summed E-state index contributed by atoms with van der Waals surface area (Å²) in [6.07, 6.45) is 2.14. The van der Waals surface area contributed by atoms with E-state index >= 15 is 0 Å². The lowest BCUT2D eigenvalue weighted by Gasteiger charge is -2.13. The smallest absolute Gasteiger partial charge is 0.0388 e. The number of hydrogen-bond acceptors (Lipinski definition) is 2. The minimum Gasteiger partial charge on any atom is -0.316 e. The van der Waals surface area contributed by atoms with E-state index in [4.69, 9.17) is 0 Å². The van der Waals surface area contributed by atoms with Crippen LogP contribution in [0.3, 0.4) is 0 Å². The average Bonchev–Trinajstić information content (AvgIpc) is 2.10. The molecule has 0 radical (unpaired) electrons. The fourth-order valence-corrected chi connectivity index (χ4v) is 2.83. The van der Waals surface area contributed by atoms with Crippen LogP contribution in [-0.4, -0.2) is 28.8 Å². The molecule has 0 aromatic heterocycles. The molecule has 2 unspecified atom stereocenters. The van der Waals surface area contributed by atoms with Gasteiger partial charge in [-0.25, -0.2) is 0 Å². The second kappa shape index (κ2) is 7.51. The van der Waals surface area contributed by atoms with Gasteiger partial charge in [-0.3, -0.25) is 4.21 Å². The SMILES string of the molecule is CCC(CS(=O)CCC(C)C)NC. The van der Waals surface area contributed by atoms with Gasteiger partial charge in [0.2, 0.25) is 0 Å². The summed E-state index contributed by atoms with van der Waals surface area (Å²) in [5.41, 5.74) is 0. The highest BCUT2D eigenvalue weighted by Gasteiger charge is 2.08. The molecule has 3 heteroatoms. The summed E-state index contributed by atoms with van der Waals surface area (Å²) in [4.78, 5) is 0.